The van der Waals surface area contributed by atoms with Gasteiger partial charge in [0.2, 0.25) is 5.88 Å². The number of halogens is 2. The highest BCUT2D eigenvalue weighted by atomic mass is 35.5. The summed E-state index contributed by atoms with van der Waals surface area (Å²) in [7, 11) is 1.88. The second kappa shape index (κ2) is 11.7. The molecule has 2 heterocycles. The Morgan fingerprint density at radius 3 is 2.97 bits per heavy atom. The van der Waals surface area contributed by atoms with E-state index in [0.29, 0.717) is 42.2 Å². The Morgan fingerprint density at radius 1 is 1.41 bits per heavy atom. The zero-order valence-corrected chi connectivity index (χ0v) is 19.0. The summed E-state index contributed by atoms with van der Waals surface area (Å²) in [6, 6.07) is 7.66. The smallest absolute Gasteiger partial charge is 0.213 e. The summed E-state index contributed by atoms with van der Waals surface area (Å²) in [4.78, 5) is 13.9. The van der Waals surface area contributed by atoms with E-state index in [-0.39, 0.29) is 6.04 Å². The summed E-state index contributed by atoms with van der Waals surface area (Å²) in [5, 5.41) is 3.70. The van der Waals surface area contributed by atoms with Crippen molar-refractivity contribution >= 4 is 24.5 Å². The molecule has 0 spiro atoms. The van der Waals surface area contributed by atoms with Crippen LogP contribution >= 0.6 is 11.6 Å². The van der Waals surface area contributed by atoms with Crippen molar-refractivity contribution in [1.29, 1.82) is 0 Å². The molecule has 1 aliphatic heterocycles. The number of hydrogen-bond acceptors (Lipinski definition) is 7. The average Bonchev–Trinajstić information content (AvgIpc) is 2.80. The molecule has 0 aliphatic carbocycles. The highest BCUT2D eigenvalue weighted by Gasteiger charge is 2.20. The summed E-state index contributed by atoms with van der Waals surface area (Å²) < 4.78 is 24.9. The number of aliphatic imine (C=N–C) groups is 2. The highest BCUT2D eigenvalue weighted by Crippen LogP contribution is 2.36. The van der Waals surface area contributed by atoms with Crippen LogP contribution in [0.2, 0.25) is 5.02 Å². The van der Waals surface area contributed by atoms with Gasteiger partial charge in [-0.05, 0) is 50.4 Å². The first-order valence-electron chi connectivity index (χ1n) is 10.3. The van der Waals surface area contributed by atoms with Crippen molar-refractivity contribution in [2.45, 2.75) is 25.9 Å². The second-order valence-electron chi connectivity index (χ2n) is 7.40. The van der Waals surface area contributed by atoms with E-state index in [0.717, 1.165) is 36.5 Å². The Hall–Kier alpha value is -2.81. The molecule has 2 aromatic rings. The zero-order valence-electron chi connectivity index (χ0n) is 18.2. The molecule has 0 bridgehead atoms. The molecule has 1 atom stereocenters. The first kappa shape index (κ1) is 23.8. The van der Waals surface area contributed by atoms with Gasteiger partial charge in [-0.15, -0.1) is 0 Å². The molecule has 0 fully saturated rings. The Kier molecular flexibility index (Phi) is 8.72. The number of allylic oxidation sites excluding steroid dienone is 1. The van der Waals surface area contributed by atoms with Crippen molar-refractivity contribution in [3.63, 3.8) is 0 Å². The van der Waals surface area contributed by atoms with Crippen LogP contribution in [-0.2, 0) is 13.0 Å². The molecule has 0 saturated heterocycles. The first-order valence-corrected chi connectivity index (χ1v) is 10.7. The number of nitrogens with zero attached hydrogens (tertiary/aromatic N) is 4. The topological polar surface area (TPSA) is 71.3 Å². The quantitative estimate of drug-likeness (QED) is 0.533. The number of nitrogens with one attached hydrogen (secondary N) is 1. The van der Waals surface area contributed by atoms with Gasteiger partial charge < -0.3 is 14.8 Å². The summed E-state index contributed by atoms with van der Waals surface area (Å²) in [6.07, 6.45) is 4.54. The van der Waals surface area contributed by atoms with Gasteiger partial charge in [0, 0.05) is 25.2 Å². The number of rotatable bonds is 10. The molecule has 1 aromatic heterocycles. The summed E-state index contributed by atoms with van der Waals surface area (Å²) in [6.45, 7) is 7.60. The Balaban J connectivity index is 1.60. The molecule has 0 saturated carbocycles. The van der Waals surface area contributed by atoms with E-state index < -0.39 is 5.83 Å². The largest absolute Gasteiger partial charge is 0.476 e. The van der Waals surface area contributed by atoms with E-state index >= 15 is 0 Å². The number of aromatic nitrogens is 1. The van der Waals surface area contributed by atoms with Gasteiger partial charge in [-0.1, -0.05) is 17.7 Å². The third-order valence-corrected chi connectivity index (χ3v) is 5.41. The molecule has 1 N–H and O–H groups in total. The monoisotopic (exact) mass is 459 g/mol. The lowest BCUT2D eigenvalue weighted by molar-refractivity contribution is 0.263. The maximum absolute atomic E-state index is 13.3. The van der Waals surface area contributed by atoms with Gasteiger partial charge in [-0.2, -0.15) is 0 Å². The van der Waals surface area contributed by atoms with Crippen LogP contribution in [0.5, 0.6) is 17.4 Å². The number of fused-ring (bicyclic) bond motifs is 1. The van der Waals surface area contributed by atoms with E-state index in [2.05, 4.69) is 31.9 Å². The molecular formula is C23H27ClFN5O2. The molecule has 32 heavy (non-hydrogen) atoms. The minimum absolute atomic E-state index is 0.234. The molecule has 1 aromatic carbocycles. The lowest BCUT2D eigenvalue weighted by Crippen LogP contribution is -2.30. The van der Waals surface area contributed by atoms with Crippen molar-refractivity contribution in [2.24, 2.45) is 9.98 Å². The van der Waals surface area contributed by atoms with Gasteiger partial charge >= 0.3 is 0 Å². The molecule has 1 aliphatic rings. The van der Waals surface area contributed by atoms with E-state index in [1.165, 1.54) is 0 Å². The zero-order chi connectivity index (χ0) is 22.9. The van der Waals surface area contributed by atoms with Crippen molar-refractivity contribution in [3.05, 3.63) is 58.6 Å². The second-order valence-corrected chi connectivity index (χ2v) is 7.78. The average molecular weight is 460 g/mol. The van der Waals surface area contributed by atoms with E-state index in [9.17, 15) is 4.39 Å². The van der Waals surface area contributed by atoms with Crippen LogP contribution in [0.25, 0.3) is 0 Å². The maximum Gasteiger partial charge on any atom is 0.213 e. The Labute approximate surface area is 192 Å². The first-order chi connectivity index (χ1) is 15.5. The van der Waals surface area contributed by atoms with Gasteiger partial charge in [-0.25, -0.2) is 9.37 Å². The highest BCUT2D eigenvalue weighted by molar-refractivity contribution is 6.33. The minimum Gasteiger partial charge on any atom is -0.476 e. The van der Waals surface area contributed by atoms with E-state index in [1.807, 2.05) is 26.1 Å². The fourth-order valence-corrected chi connectivity index (χ4v) is 3.46. The van der Waals surface area contributed by atoms with Crippen LogP contribution in [0, 0.1) is 0 Å². The van der Waals surface area contributed by atoms with Gasteiger partial charge in [0.05, 0.1) is 30.3 Å². The fraction of sp³-hybridized carbons (Fsp3) is 0.348. The SMILES string of the molecule is C=N/C=C(F)\C=N/CN1CCc2c(ccc(Oc3ccc(OCC(C)NC)nc3)c2Cl)C1. The van der Waals surface area contributed by atoms with E-state index in [1.54, 1.807) is 18.3 Å². The van der Waals surface area contributed by atoms with E-state index in [4.69, 9.17) is 21.1 Å². The lowest BCUT2D eigenvalue weighted by atomic mass is 9.99. The summed E-state index contributed by atoms with van der Waals surface area (Å²) in [5.41, 5.74) is 2.16. The molecule has 0 radical (unpaired) electrons. The Morgan fingerprint density at radius 2 is 2.25 bits per heavy atom. The molecule has 9 heteroatoms. The summed E-state index contributed by atoms with van der Waals surface area (Å²) in [5.74, 6) is 1.18. The van der Waals surface area contributed by atoms with Crippen molar-refractivity contribution in [1.82, 2.24) is 15.2 Å². The number of hydrogen-bond donors (Lipinski definition) is 1. The third kappa shape index (κ3) is 6.59. The molecule has 1 unspecified atom stereocenters. The number of pyridine rings is 1. The van der Waals surface area contributed by atoms with Gasteiger partial charge in [0.25, 0.3) is 0 Å². The van der Waals surface area contributed by atoms with Crippen LogP contribution in [0.4, 0.5) is 4.39 Å². The van der Waals surface area contributed by atoms with Crippen LogP contribution in [0.1, 0.15) is 18.1 Å². The third-order valence-electron chi connectivity index (χ3n) is 5.00. The maximum atomic E-state index is 13.3. The molecule has 170 valence electrons. The van der Waals surface area contributed by atoms with Crippen LogP contribution in [-0.4, -0.2) is 55.7 Å². The van der Waals surface area contributed by atoms with Gasteiger partial charge in [0.15, 0.2) is 5.83 Å². The predicted octanol–water partition coefficient (Wildman–Crippen LogP) is 4.41. The van der Waals surface area contributed by atoms with Crippen LogP contribution in [0.15, 0.2) is 52.5 Å². The van der Waals surface area contributed by atoms with Crippen LogP contribution < -0.4 is 14.8 Å². The molecule has 3 rings (SSSR count). The molecule has 0 amide bonds. The molecule has 7 nitrogen and oxygen atoms in total. The van der Waals surface area contributed by atoms with Crippen molar-refractivity contribution in [2.75, 3.05) is 26.9 Å². The summed E-state index contributed by atoms with van der Waals surface area (Å²) >= 11 is 6.64. The number of benzene rings is 1. The van der Waals surface area contributed by atoms with Crippen molar-refractivity contribution in [3.8, 4) is 17.4 Å². The molecular weight excluding hydrogens is 433 g/mol. The predicted molar refractivity (Wildman–Crippen MR) is 126 cm³/mol. The van der Waals surface area contributed by atoms with Crippen LogP contribution in [0.3, 0.4) is 0 Å². The standard InChI is InChI=1S/C23H27ClFN5O2/c1-16(27-3)14-31-22-7-5-19(12-29-22)32-21-6-4-17-13-30(9-8-20(17)23(21)24)15-28-11-18(25)10-26-2/h4-7,10-12,16,27H,2,8-9,13-15H2,1,3H3/b18-10+,28-11-. The van der Waals surface area contributed by atoms with Gasteiger partial charge in [-0.3, -0.25) is 14.9 Å². The number of ether oxygens (including phenoxy) is 2. The minimum atomic E-state index is -0.524. The van der Waals surface area contributed by atoms with Crippen molar-refractivity contribution < 1.29 is 13.9 Å². The Bertz CT molecular complexity index is 981. The van der Waals surface area contributed by atoms with Gasteiger partial charge in [0.1, 0.15) is 18.1 Å². The fourth-order valence-electron chi connectivity index (χ4n) is 3.14. The lowest BCUT2D eigenvalue weighted by Gasteiger charge is -2.28. The number of likely N-dealkylation sites (N-methyl/N-ethyl adjacent to an activating group) is 1. The normalized spacial score (nSPS) is 15.4.